The van der Waals surface area contributed by atoms with E-state index < -0.39 is 0 Å². The maximum atomic E-state index is 6.91. The number of anilines is 2. The fourth-order valence-corrected chi connectivity index (χ4v) is 6.37. The van der Waals surface area contributed by atoms with Crippen molar-refractivity contribution in [3.05, 3.63) is 83.3 Å². The van der Waals surface area contributed by atoms with E-state index in [2.05, 4.69) is 63.9 Å². The number of nitrogens with one attached hydrogen (secondary N) is 1. The molecule has 2 saturated carbocycles. The van der Waals surface area contributed by atoms with Crippen molar-refractivity contribution in [1.29, 1.82) is 0 Å². The fraction of sp³-hybridized carbons (Fsp3) is 0.382. The summed E-state index contributed by atoms with van der Waals surface area (Å²) < 4.78 is 18.4. The Labute approximate surface area is 271 Å². The highest BCUT2D eigenvalue weighted by molar-refractivity contribution is 6.36. The standard InChI is InChI=1S/C34H36ClN9O2/c1-34(2,3)26-14-27(41-44(26)22-12-23(13-22)45-19-20-8-6-5-7-9-20)39-33-40-31-30(42(33)4)29(35)25(16-37-31)46-24-15-36-28-17-38-32(21-10-11-21)43(28)18-24/h5-9,14-18,21-23H,10-13,19H2,1-4H3,(H,37,39,40,41). The third kappa shape index (κ3) is 5.37. The summed E-state index contributed by atoms with van der Waals surface area (Å²) in [5, 5.41) is 8.84. The molecule has 2 aliphatic rings. The summed E-state index contributed by atoms with van der Waals surface area (Å²) in [7, 11) is 1.90. The molecule has 0 unspecified atom stereocenters. The van der Waals surface area contributed by atoms with Crippen molar-refractivity contribution >= 4 is 40.2 Å². The van der Waals surface area contributed by atoms with Crippen LogP contribution in [0.5, 0.6) is 11.5 Å². The third-order valence-electron chi connectivity index (χ3n) is 8.85. The third-order valence-corrected chi connectivity index (χ3v) is 9.22. The van der Waals surface area contributed by atoms with Crippen molar-refractivity contribution in [2.45, 2.75) is 76.5 Å². The van der Waals surface area contributed by atoms with E-state index in [0.29, 0.717) is 46.2 Å². The van der Waals surface area contributed by atoms with E-state index in [9.17, 15) is 0 Å². The minimum Gasteiger partial charge on any atom is -0.451 e. The molecule has 0 spiro atoms. The van der Waals surface area contributed by atoms with Crippen molar-refractivity contribution < 1.29 is 9.47 Å². The minimum atomic E-state index is -0.0969. The van der Waals surface area contributed by atoms with Gasteiger partial charge >= 0.3 is 0 Å². The van der Waals surface area contributed by atoms with Gasteiger partial charge in [0, 0.05) is 30.1 Å². The number of pyridine rings is 1. The highest BCUT2D eigenvalue weighted by Crippen LogP contribution is 2.41. The number of aryl methyl sites for hydroxylation is 1. The number of rotatable bonds is 9. The molecule has 12 heteroatoms. The van der Waals surface area contributed by atoms with Gasteiger partial charge < -0.3 is 19.4 Å². The number of nitrogens with zero attached hydrogens (tertiary/aromatic N) is 8. The Balaban J connectivity index is 1.01. The van der Waals surface area contributed by atoms with E-state index in [0.717, 1.165) is 48.7 Å². The monoisotopic (exact) mass is 637 g/mol. The molecule has 0 atom stereocenters. The number of hydrogen-bond acceptors (Lipinski definition) is 8. The highest BCUT2D eigenvalue weighted by atomic mass is 35.5. The quantitative estimate of drug-likeness (QED) is 0.174. The Kier molecular flexibility index (Phi) is 6.99. The molecule has 236 valence electrons. The zero-order valence-corrected chi connectivity index (χ0v) is 27.1. The van der Waals surface area contributed by atoms with Crippen molar-refractivity contribution in [2.75, 3.05) is 5.32 Å². The van der Waals surface area contributed by atoms with E-state index in [-0.39, 0.29) is 17.6 Å². The second kappa shape index (κ2) is 11.1. The second-order valence-corrected chi connectivity index (χ2v) is 13.8. The fourth-order valence-electron chi connectivity index (χ4n) is 6.07. The molecule has 8 rings (SSSR count). The molecule has 5 aromatic heterocycles. The number of benzene rings is 1. The molecule has 5 heterocycles. The molecule has 0 saturated heterocycles. The predicted molar refractivity (Wildman–Crippen MR) is 176 cm³/mol. The smallest absolute Gasteiger partial charge is 0.210 e. The molecule has 46 heavy (non-hydrogen) atoms. The van der Waals surface area contributed by atoms with E-state index in [1.807, 2.05) is 40.4 Å². The van der Waals surface area contributed by atoms with Gasteiger partial charge in [-0.2, -0.15) is 10.1 Å². The summed E-state index contributed by atoms with van der Waals surface area (Å²) in [5.74, 6) is 3.78. The Morgan fingerprint density at radius 1 is 1.02 bits per heavy atom. The Hall–Kier alpha value is -4.48. The highest BCUT2D eigenvalue weighted by Gasteiger charge is 2.36. The van der Waals surface area contributed by atoms with Gasteiger partial charge in [0.2, 0.25) is 5.95 Å². The molecule has 1 aromatic carbocycles. The maximum absolute atomic E-state index is 6.91. The molecule has 1 N–H and O–H groups in total. The summed E-state index contributed by atoms with van der Waals surface area (Å²) in [6.45, 7) is 7.25. The molecule has 2 aliphatic carbocycles. The molecular weight excluding hydrogens is 602 g/mol. The van der Waals surface area contributed by atoms with Crippen LogP contribution in [0.4, 0.5) is 11.8 Å². The van der Waals surface area contributed by atoms with Crippen LogP contribution in [0.15, 0.2) is 61.2 Å². The topological polar surface area (TPSA) is 109 Å². The van der Waals surface area contributed by atoms with E-state index >= 15 is 0 Å². The van der Waals surface area contributed by atoms with Gasteiger partial charge in [0.05, 0.1) is 43.5 Å². The number of aromatic nitrogens is 8. The number of halogens is 1. The van der Waals surface area contributed by atoms with Crippen LogP contribution in [0.3, 0.4) is 0 Å². The van der Waals surface area contributed by atoms with Gasteiger partial charge in [-0.3, -0.25) is 9.08 Å². The predicted octanol–water partition coefficient (Wildman–Crippen LogP) is 7.49. The van der Waals surface area contributed by atoms with Crippen LogP contribution < -0.4 is 10.1 Å². The van der Waals surface area contributed by atoms with Crippen molar-refractivity contribution in [1.82, 2.24) is 38.7 Å². The van der Waals surface area contributed by atoms with Crippen LogP contribution in [0, 0.1) is 0 Å². The average Bonchev–Trinajstić information content (AvgIpc) is 3.49. The van der Waals surface area contributed by atoms with Gasteiger partial charge in [-0.05, 0) is 31.2 Å². The molecular formula is C34H36ClN9O2. The van der Waals surface area contributed by atoms with Crippen LogP contribution >= 0.6 is 11.6 Å². The maximum Gasteiger partial charge on any atom is 0.210 e. The van der Waals surface area contributed by atoms with Crippen LogP contribution in [-0.4, -0.2) is 44.8 Å². The van der Waals surface area contributed by atoms with Gasteiger partial charge in [0.15, 0.2) is 28.6 Å². The van der Waals surface area contributed by atoms with Crippen molar-refractivity contribution in [3.63, 3.8) is 0 Å². The summed E-state index contributed by atoms with van der Waals surface area (Å²) in [6, 6.07) is 12.7. The first kappa shape index (κ1) is 29.0. The lowest BCUT2D eigenvalue weighted by molar-refractivity contribution is -0.0394. The lowest BCUT2D eigenvalue weighted by Crippen LogP contribution is -2.36. The number of fused-ring (bicyclic) bond motifs is 2. The first-order valence-electron chi connectivity index (χ1n) is 15.8. The normalized spacial score (nSPS) is 18.3. The van der Waals surface area contributed by atoms with Crippen LogP contribution in [0.1, 0.15) is 75.5 Å². The van der Waals surface area contributed by atoms with Gasteiger partial charge in [-0.15, -0.1) is 0 Å². The van der Waals surface area contributed by atoms with Gasteiger partial charge in [0.25, 0.3) is 0 Å². The van der Waals surface area contributed by atoms with Crippen LogP contribution in [-0.2, 0) is 23.8 Å². The molecule has 11 nitrogen and oxygen atoms in total. The zero-order valence-electron chi connectivity index (χ0n) is 26.3. The van der Waals surface area contributed by atoms with Gasteiger partial charge in [-0.1, -0.05) is 62.7 Å². The summed E-state index contributed by atoms with van der Waals surface area (Å²) in [4.78, 5) is 18.4. The summed E-state index contributed by atoms with van der Waals surface area (Å²) >= 11 is 6.91. The lowest BCUT2D eigenvalue weighted by Gasteiger charge is -2.37. The van der Waals surface area contributed by atoms with Crippen LogP contribution in [0.2, 0.25) is 5.02 Å². The Bertz CT molecular complexity index is 2050. The average molecular weight is 638 g/mol. The molecule has 0 amide bonds. The zero-order chi connectivity index (χ0) is 31.6. The lowest BCUT2D eigenvalue weighted by atomic mass is 9.86. The van der Waals surface area contributed by atoms with Crippen molar-refractivity contribution in [3.8, 4) is 11.5 Å². The number of imidazole rings is 2. The largest absolute Gasteiger partial charge is 0.451 e. The molecule has 2 fully saturated rings. The first-order valence-corrected chi connectivity index (χ1v) is 16.1. The van der Waals surface area contributed by atoms with Gasteiger partial charge in [0.1, 0.15) is 16.4 Å². The SMILES string of the molecule is Cn1c(Nc2cc(C(C)(C)C)n(C3CC(OCc4ccccc4)C3)n2)nc2ncc(Oc3cnc4cnc(C5CC5)n4c3)c(Cl)c21. The van der Waals surface area contributed by atoms with E-state index in [1.54, 1.807) is 18.6 Å². The van der Waals surface area contributed by atoms with E-state index in [1.165, 1.54) is 5.56 Å². The van der Waals surface area contributed by atoms with E-state index in [4.69, 9.17) is 31.2 Å². The number of ether oxygens (including phenoxy) is 2. The van der Waals surface area contributed by atoms with Gasteiger partial charge in [-0.25, -0.2) is 15.0 Å². The summed E-state index contributed by atoms with van der Waals surface area (Å²) in [6.07, 6.45) is 11.3. The first-order chi connectivity index (χ1) is 22.2. The molecule has 0 bridgehead atoms. The Morgan fingerprint density at radius 3 is 2.59 bits per heavy atom. The Morgan fingerprint density at radius 2 is 1.83 bits per heavy atom. The molecule has 0 aliphatic heterocycles. The number of hydrogen-bond donors (Lipinski definition) is 1. The molecule has 0 radical (unpaired) electrons. The van der Waals surface area contributed by atoms with Crippen LogP contribution in [0.25, 0.3) is 16.8 Å². The molecule has 6 aromatic rings. The second-order valence-electron chi connectivity index (χ2n) is 13.4. The summed E-state index contributed by atoms with van der Waals surface area (Å²) in [5.41, 5.74) is 4.21. The minimum absolute atomic E-state index is 0.0969. The van der Waals surface area contributed by atoms with Crippen molar-refractivity contribution in [2.24, 2.45) is 7.05 Å².